The number of ether oxygens (including phenoxy) is 2. The fourth-order valence-electron chi connectivity index (χ4n) is 1.88. The number of carbonyl (C=O) groups is 2. The highest BCUT2D eigenvalue weighted by Crippen LogP contribution is 2.61. The second-order valence-corrected chi connectivity index (χ2v) is 6.26. The van der Waals surface area contributed by atoms with Crippen LogP contribution in [0.3, 0.4) is 0 Å². The van der Waals surface area contributed by atoms with Crippen LogP contribution in [-0.4, -0.2) is 38.9 Å². The zero-order valence-electron chi connectivity index (χ0n) is 14.1. The highest BCUT2D eigenvalue weighted by atomic mass is 31.2. The maximum absolute atomic E-state index is 13.1. The third kappa shape index (κ3) is 4.80. The lowest BCUT2D eigenvalue weighted by Crippen LogP contribution is -2.07. The van der Waals surface area contributed by atoms with Crippen molar-refractivity contribution in [1.82, 2.24) is 0 Å². The van der Waals surface area contributed by atoms with E-state index in [1.807, 2.05) is 0 Å². The predicted molar refractivity (Wildman–Crippen MR) is 85.5 cm³/mol. The lowest BCUT2D eigenvalue weighted by Gasteiger charge is -2.19. The Morgan fingerprint density at radius 1 is 1.17 bits per heavy atom. The zero-order chi connectivity index (χ0) is 18.2. The van der Waals surface area contributed by atoms with Crippen LogP contribution in [0.5, 0.6) is 0 Å². The van der Waals surface area contributed by atoms with E-state index in [0.29, 0.717) is 0 Å². The van der Waals surface area contributed by atoms with Gasteiger partial charge in [0.05, 0.1) is 38.5 Å². The lowest BCUT2D eigenvalue weighted by atomic mass is 10.2. The summed E-state index contributed by atoms with van der Waals surface area (Å²) >= 11 is 0. The molecule has 8 nitrogen and oxygen atoms in total. The van der Waals surface area contributed by atoms with E-state index in [1.54, 1.807) is 20.8 Å². The van der Waals surface area contributed by atoms with Gasteiger partial charge in [0.1, 0.15) is 0 Å². The summed E-state index contributed by atoms with van der Waals surface area (Å²) in [5.41, 5.74) is 0.0835. The molecule has 0 atom stereocenters. The molecule has 0 fully saturated rings. The quantitative estimate of drug-likeness (QED) is 0.376. The molecule has 0 amide bonds. The van der Waals surface area contributed by atoms with Gasteiger partial charge in [-0.05, 0) is 26.8 Å². The Bertz CT molecular complexity index is 636. The van der Waals surface area contributed by atoms with E-state index < -0.39 is 19.5 Å². The van der Waals surface area contributed by atoms with Gasteiger partial charge in [0, 0.05) is 11.6 Å². The minimum atomic E-state index is -3.88. The minimum Gasteiger partial charge on any atom is -0.463 e. The Kier molecular flexibility index (Phi) is 7.91. The number of carbonyl (C=O) groups excluding carboxylic acids is 2. The number of methoxy groups -OCH3 is 1. The van der Waals surface area contributed by atoms with Crippen molar-refractivity contribution in [3.63, 3.8) is 0 Å². The van der Waals surface area contributed by atoms with E-state index in [9.17, 15) is 14.2 Å². The highest BCUT2D eigenvalue weighted by Gasteiger charge is 2.36. The molecule has 0 aliphatic rings. The molecule has 134 valence electrons. The van der Waals surface area contributed by atoms with Gasteiger partial charge in [-0.2, -0.15) is 0 Å². The number of hydrogen-bond acceptors (Lipinski definition) is 8. The summed E-state index contributed by atoms with van der Waals surface area (Å²) in [7, 11) is -2.71. The molecule has 1 heterocycles. The van der Waals surface area contributed by atoms with Crippen molar-refractivity contribution in [3.8, 4) is 0 Å². The van der Waals surface area contributed by atoms with Gasteiger partial charge in [0.15, 0.2) is 0 Å². The average molecular weight is 360 g/mol. The van der Waals surface area contributed by atoms with Crippen LogP contribution in [0.4, 0.5) is 0 Å². The first-order valence-electron chi connectivity index (χ1n) is 7.37. The van der Waals surface area contributed by atoms with E-state index >= 15 is 0 Å². The van der Waals surface area contributed by atoms with E-state index in [1.165, 1.54) is 19.4 Å². The second-order valence-electron chi connectivity index (χ2n) is 4.27. The maximum Gasteiger partial charge on any atom is 0.374 e. The van der Waals surface area contributed by atoms with Gasteiger partial charge in [-0.25, -0.2) is 9.59 Å². The molecular weight excluding hydrogens is 339 g/mol. The monoisotopic (exact) mass is 360 g/mol. The molecule has 0 unspecified atom stereocenters. The first-order valence-corrected chi connectivity index (χ1v) is 8.92. The van der Waals surface area contributed by atoms with Gasteiger partial charge < -0.3 is 22.9 Å². The highest BCUT2D eigenvalue weighted by molar-refractivity contribution is 7.65. The molecule has 0 bridgehead atoms. The van der Waals surface area contributed by atoms with Gasteiger partial charge in [-0.1, -0.05) is 0 Å². The van der Waals surface area contributed by atoms with Crippen molar-refractivity contribution in [1.29, 1.82) is 0 Å². The fraction of sp³-hybridized carbons (Fsp3) is 0.467. The SMILES string of the molecule is CCOC(=O)C=C(c1ccoc1C(=O)OC)P(=O)(OCC)OCC. The smallest absolute Gasteiger partial charge is 0.374 e. The molecule has 1 aromatic rings. The Hall–Kier alpha value is -1.89. The summed E-state index contributed by atoms with van der Waals surface area (Å²) in [6, 6.07) is 1.38. The number of hydrogen-bond donors (Lipinski definition) is 0. The lowest BCUT2D eigenvalue weighted by molar-refractivity contribution is -0.137. The Balaban J connectivity index is 3.50. The predicted octanol–water partition coefficient (Wildman–Crippen LogP) is 3.24. The number of esters is 2. The molecule has 1 aromatic heterocycles. The van der Waals surface area contributed by atoms with Crippen molar-refractivity contribution < 1.29 is 37.1 Å². The first-order chi connectivity index (χ1) is 11.4. The largest absolute Gasteiger partial charge is 0.463 e. The molecule has 1 rings (SSSR count). The van der Waals surface area contributed by atoms with E-state index in [2.05, 4.69) is 4.74 Å². The second kappa shape index (κ2) is 9.42. The standard InChI is InChI=1S/C15H21O8P/c1-5-20-13(16)10-12(24(18,22-6-2)23-7-3)11-8-9-21-14(11)15(17)19-4/h8-10H,5-7H2,1-4H3. The Morgan fingerprint density at radius 2 is 1.79 bits per heavy atom. The first kappa shape index (κ1) is 20.2. The van der Waals surface area contributed by atoms with Crippen LogP contribution in [-0.2, 0) is 27.9 Å². The normalized spacial score (nSPS) is 12.1. The van der Waals surface area contributed by atoms with Crippen LogP contribution < -0.4 is 0 Å². The number of rotatable bonds is 9. The summed E-state index contributed by atoms with van der Waals surface area (Å²) in [6.45, 7) is 5.17. The summed E-state index contributed by atoms with van der Waals surface area (Å²) in [5.74, 6) is -1.75. The summed E-state index contributed by atoms with van der Waals surface area (Å²) in [4.78, 5) is 23.7. The fourth-order valence-corrected chi connectivity index (χ4v) is 3.65. The molecule has 0 spiro atoms. The Morgan fingerprint density at radius 3 is 2.29 bits per heavy atom. The molecular formula is C15H21O8P. The van der Waals surface area contributed by atoms with Crippen LogP contribution in [0.2, 0.25) is 0 Å². The topological polar surface area (TPSA) is 101 Å². The van der Waals surface area contributed by atoms with E-state index in [0.717, 1.165) is 6.08 Å². The third-order valence-corrected chi connectivity index (χ3v) is 4.90. The molecule has 24 heavy (non-hydrogen) atoms. The van der Waals surface area contributed by atoms with Gasteiger partial charge in [0.2, 0.25) is 5.76 Å². The summed E-state index contributed by atoms with van der Waals surface area (Å²) in [6.07, 6.45) is 2.19. The van der Waals surface area contributed by atoms with Gasteiger partial charge in [-0.3, -0.25) is 4.57 Å². The Labute approximate surface area is 140 Å². The van der Waals surface area contributed by atoms with Crippen molar-refractivity contribution in [2.45, 2.75) is 20.8 Å². The van der Waals surface area contributed by atoms with Crippen molar-refractivity contribution in [2.24, 2.45) is 0 Å². The van der Waals surface area contributed by atoms with Crippen molar-refractivity contribution in [3.05, 3.63) is 29.7 Å². The zero-order valence-corrected chi connectivity index (χ0v) is 15.0. The van der Waals surface area contributed by atoms with E-state index in [4.69, 9.17) is 18.2 Å². The number of furan rings is 1. The molecule has 0 aromatic carbocycles. The summed E-state index contributed by atoms with van der Waals surface area (Å²) in [5, 5.41) is -0.126. The average Bonchev–Trinajstić information content (AvgIpc) is 3.01. The van der Waals surface area contributed by atoms with Crippen LogP contribution in [0.1, 0.15) is 36.9 Å². The molecule has 9 heteroatoms. The third-order valence-electron chi connectivity index (χ3n) is 2.75. The van der Waals surface area contributed by atoms with Crippen LogP contribution in [0.25, 0.3) is 5.31 Å². The van der Waals surface area contributed by atoms with Gasteiger partial charge in [-0.15, -0.1) is 0 Å². The minimum absolute atomic E-state index is 0.0723. The molecule has 0 N–H and O–H groups in total. The van der Waals surface area contributed by atoms with Crippen LogP contribution in [0, 0.1) is 0 Å². The maximum atomic E-state index is 13.1. The molecule has 0 aliphatic carbocycles. The van der Waals surface area contributed by atoms with Crippen molar-refractivity contribution in [2.75, 3.05) is 26.9 Å². The van der Waals surface area contributed by atoms with Crippen molar-refractivity contribution >= 4 is 24.8 Å². The van der Waals surface area contributed by atoms with Gasteiger partial charge >= 0.3 is 19.5 Å². The molecule has 0 saturated heterocycles. The van der Waals surface area contributed by atoms with Crippen LogP contribution >= 0.6 is 7.60 Å². The van der Waals surface area contributed by atoms with E-state index in [-0.39, 0.29) is 36.5 Å². The molecule has 0 aliphatic heterocycles. The summed E-state index contributed by atoms with van der Waals surface area (Å²) < 4.78 is 38.2. The molecule has 0 radical (unpaired) electrons. The molecule has 0 saturated carbocycles. The van der Waals surface area contributed by atoms with Crippen LogP contribution in [0.15, 0.2) is 22.8 Å². The van der Waals surface area contributed by atoms with Gasteiger partial charge in [0.25, 0.3) is 0 Å².